The lowest BCUT2D eigenvalue weighted by molar-refractivity contribution is 0.630. The summed E-state index contributed by atoms with van der Waals surface area (Å²) in [6, 6.07) is 6.19. The van der Waals surface area contributed by atoms with Crippen molar-refractivity contribution in [2.45, 2.75) is 6.92 Å². The molecule has 0 aliphatic heterocycles. The molecule has 1 heterocycles. The highest BCUT2D eigenvalue weighted by Crippen LogP contribution is 2.23. The predicted octanol–water partition coefficient (Wildman–Crippen LogP) is 4.01. The van der Waals surface area contributed by atoms with Crippen molar-refractivity contribution in [3.05, 3.63) is 45.4 Å². The van der Waals surface area contributed by atoms with Crippen molar-refractivity contribution >= 4 is 27.5 Å². The lowest BCUT2D eigenvalue weighted by Crippen LogP contribution is -1.94. The molecular weight excluding hydrogens is 294 g/mol. The van der Waals surface area contributed by atoms with Gasteiger partial charge in [-0.05, 0) is 47.1 Å². The molecule has 82 valence electrons. The molecule has 0 N–H and O–H groups in total. The number of nitrogens with zero attached hydrogens (tertiary/aromatic N) is 2. The summed E-state index contributed by atoms with van der Waals surface area (Å²) in [6.45, 7) is 1.82. The van der Waals surface area contributed by atoms with Crippen molar-refractivity contribution in [2.75, 3.05) is 0 Å². The highest BCUT2D eigenvalue weighted by Gasteiger charge is 2.09. The number of hydrogen-bond donors (Lipinski definition) is 0. The normalized spacial score (nSPS) is 10.5. The summed E-state index contributed by atoms with van der Waals surface area (Å²) in [7, 11) is 0. The Balaban J connectivity index is 2.58. The topological polar surface area (TPSA) is 25.8 Å². The smallest absolute Gasteiger partial charge is 0.163 e. The van der Waals surface area contributed by atoms with Gasteiger partial charge in [-0.3, -0.25) is 0 Å². The Kier molecular flexibility index (Phi) is 3.21. The molecule has 2 aromatic rings. The van der Waals surface area contributed by atoms with E-state index in [0.717, 1.165) is 5.69 Å². The minimum Gasteiger partial charge on any atom is -0.233 e. The van der Waals surface area contributed by atoms with E-state index in [0.29, 0.717) is 21.0 Å². The Hall–Kier alpha value is -1.00. The lowest BCUT2D eigenvalue weighted by atomic mass is 10.2. The van der Waals surface area contributed by atoms with E-state index in [9.17, 15) is 4.39 Å². The highest BCUT2D eigenvalue weighted by atomic mass is 79.9. The molecule has 0 saturated heterocycles. The molecule has 0 fully saturated rings. The van der Waals surface area contributed by atoms with Crippen LogP contribution in [0, 0.1) is 12.7 Å². The molecule has 0 aliphatic rings. The molecule has 0 saturated carbocycles. The van der Waals surface area contributed by atoms with Gasteiger partial charge in [-0.1, -0.05) is 11.6 Å². The van der Waals surface area contributed by atoms with E-state index in [4.69, 9.17) is 11.6 Å². The molecule has 1 aromatic carbocycles. The van der Waals surface area contributed by atoms with Gasteiger partial charge in [-0.15, -0.1) is 0 Å². The fourth-order valence-electron chi connectivity index (χ4n) is 1.32. The van der Waals surface area contributed by atoms with Crippen LogP contribution in [-0.2, 0) is 0 Å². The molecule has 0 unspecified atom stereocenters. The third-order valence-corrected chi connectivity index (χ3v) is 2.64. The number of benzene rings is 1. The van der Waals surface area contributed by atoms with Gasteiger partial charge in [0, 0.05) is 10.7 Å². The van der Waals surface area contributed by atoms with Crippen LogP contribution in [0.25, 0.3) is 11.4 Å². The second kappa shape index (κ2) is 4.47. The van der Waals surface area contributed by atoms with Gasteiger partial charge in [0.15, 0.2) is 5.82 Å². The first kappa shape index (κ1) is 11.5. The van der Waals surface area contributed by atoms with Gasteiger partial charge in [0.25, 0.3) is 0 Å². The van der Waals surface area contributed by atoms with E-state index in [1.807, 2.05) is 6.92 Å². The minimum absolute atomic E-state index is 0.341. The molecule has 0 spiro atoms. The van der Waals surface area contributed by atoms with E-state index in [2.05, 4.69) is 25.9 Å². The summed E-state index contributed by atoms with van der Waals surface area (Å²) in [5.74, 6) is -0.0777. The first-order valence-electron chi connectivity index (χ1n) is 4.53. The van der Waals surface area contributed by atoms with Crippen molar-refractivity contribution < 1.29 is 4.39 Å². The maximum Gasteiger partial charge on any atom is 0.163 e. The molecule has 1 aromatic heterocycles. The quantitative estimate of drug-likeness (QED) is 0.744. The molecular formula is C11H7BrClFN2. The zero-order chi connectivity index (χ0) is 11.7. The van der Waals surface area contributed by atoms with Gasteiger partial charge in [0.2, 0.25) is 0 Å². The maximum absolute atomic E-state index is 13.6. The van der Waals surface area contributed by atoms with E-state index < -0.39 is 5.82 Å². The predicted molar refractivity (Wildman–Crippen MR) is 64.9 cm³/mol. The number of hydrogen-bond acceptors (Lipinski definition) is 2. The summed E-state index contributed by atoms with van der Waals surface area (Å²) < 4.78 is 14.2. The molecule has 16 heavy (non-hydrogen) atoms. The van der Waals surface area contributed by atoms with Crippen LogP contribution in [0.1, 0.15) is 5.69 Å². The molecule has 5 heteroatoms. The van der Waals surface area contributed by atoms with Gasteiger partial charge in [0.05, 0.1) is 5.56 Å². The van der Waals surface area contributed by atoms with Crippen LogP contribution in [0.3, 0.4) is 0 Å². The van der Waals surface area contributed by atoms with Crippen LogP contribution in [0.15, 0.2) is 28.9 Å². The molecule has 0 atom stereocenters. The van der Waals surface area contributed by atoms with Crippen LogP contribution < -0.4 is 0 Å². The Morgan fingerprint density at radius 1 is 1.25 bits per heavy atom. The first-order chi connectivity index (χ1) is 7.56. The SMILES string of the molecule is Cc1cc(Br)nc(-c2ccc(Cl)cc2F)n1. The van der Waals surface area contributed by atoms with Gasteiger partial charge >= 0.3 is 0 Å². The standard InChI is InChI=1S/C11H7BrClFN2/c1-6-4-10(12)16-11(15-6)8-3-2-7(13)5-9(8)14/h2-5H,1H3. The van der Waals surface area contributed by atoms with Crippen molar-refractivity contribution in [3.63, 3.8) is 0 Å². The number of aryl methyl sites for hydroxylation is 1. The Morgan fingerprint density at radius 2 is 2.00 bits per heavy atom. The number of rotatable bonds is 1. The summed E-state index contributed by atoms with van der Waals surface area (Å²) in [5.41, 5.74) is 1.11. The Bertz CT molecular complexity index is 525. The zero-order valence-corrected chi connectivity index (χ0v) is 10.7. The van der Waals surface area contributed by atoms with Gasteiger partial charge in [-0.2, -0.15) is 0 Å². The third kappa shape index (κ3) is 2.39. The van der Waals surface area contributed by atoms with Crippen molar-refractivity contribution in [3.8, 4) is 11.4 Å². The number of aromatic nitrogens is 2. The summed E-state index contributed by atoms with van der Waals surface area (Å²) in [6.07, 6.45) is 0. The van der Waals surface area contributed by atoms with Crippen LogP contribution in [0.4, 0.5) is 4.39 Å². The van der Waals surface area contributed by atoms with Crippen molar-refractivity contribution in [1.29, 1.82) is 0 Å². The van der Waals surface area contributed by atoms with Gasteiger partial charge in [-0.25, -0.2) is 14.4 Å². The maximum atomic E-state index is 13.6. The van der Waals surface area contributed by atoms with Gasteiger partial charge in [0.1, 0.15) is 10.4 Å². The molecule has 2 rings (SSSR count). The first-order valence-corrected chi connectivity index (χ1v) is 5.70. The zero-order valence-electron chi connectivity index (χ0n) is 8.34. The molecule has 0 radical (unpaired) electrons. The summed E-state index contributed by atoms with van der Waals surface area (Å²) >= 11 is 8.93. The average molecular weight is 302 g/mol. The largest absolute Gasteiger partial charge is 0.233 e. The highest BCUT2D eigenvalue weighted by molar-refractivity contribution is 9.10. The molecule has 0 aliphatic carbocycles. The third-order valence-electron chi connectivity index (χ3n) is 1.99. The average Bonchev–Trinajstić information content (AvgIpc) is 2.15. The second-order valence-electron chi connectivity index (χ2n) is 3.28. The summed E-state index contributed by atoms with van der Waals surface area (Å²) in [5, 5.41) is 0.355. The van der Waals surface area contributed by atoms with E-state index in [-0.39, 0.29) is 0 Å². The number of halogens is 3. The lowest BCUT2D eigenvalue weighted by Gasteiger charge is -2.04. The molecule has 0 amide bonds. The minimum atomic E-state index is -0.426. The van der Waals surface area contributed by atoms with Crippen molar-refractivity contribution in [2.24, 2.45) is 0 Å². The van der Waals surface area contributed by atoms with E-state index >= 15 is 0 Å². The van der Waals surface area contributed by atoms with Crippen LogP contribution in [0.5, 0.6) is 0 Å². The fourth-order valence-corrected chi connectivity index (χ4v) is 1.98. The van der Waals surface area contributed by atoms with Crippen LogP contribution >= 0.6 is 27.5 Å². The monoisotopic (exact) mass is 300 g/mol. The van der Waals surface area contributed by atoms with E-state index in [1.165, 1.54) is 6.07 Å². The molecule has 0 bridgehead atoms. The van der Waals surface area contributed by atoms with Gasteiger partial charge < -0.3 is 0 Å². The van der Waals surface area contributed by atoms with Crippen LogP contribution in [0.2, 0.25) is 5.02 Å². The summed E-state index contributed by atoms with van der Waals surface area (Å²) in [4.78, 5) is 8.29. The molecule has 2 nitrogen and oxygen atoms in total. The van der Waals surface area contributed by atoms with Crippen molar-refractivity contribution in [1.82, 2.24) is 9.97 Å². The fraction of sp³-hybridized carbons (Fsp3) is 0.0909. The Labute approximate surface area is 106 Å². The second-order valence-corrected chi connectivity index (χ2v) is 4.53. The Morgan fingerprint density at radius 3 is 2.62 bits per heavy atom. The van der Waals surface area contributed by atoms with Crippen LogP contribution in [-0.4, -0.2) is 9.97 Å². The van der Waals surface area contributed by atoms with E-state index in [1.54, 1.807) is 18.2 Å².